The molecule has 2 nitrogen and oxygen atoms in total. The first kappa shape index (κ1) is 15.1. The van der Waals surface area contributed by atoms with Crippen molar-refractivity contribution in [3.63, 3.8) is 0 Å². The van der Waals surface area contributed by atoms with Crippen LogP contribution in [0.5, 0.6) is 0 Å². The monoisotopic (exact) mass is 634 g/mol. The summed E-state index contributed by atoms with van der Waals surface area (Å²) in [6.45, 7) is 12.9. The van der Waals surface area contributed by atoms with E-state index < -0.39 is 14.8 Å². The van der Waals surface area contributed by atoms with Gasteiger partial charge in [-0.15, -0.1) is 0 Å². The Morgan fingerprint density at radius 3 is 1.15 bits per heavy atom. The van der Waals surface area contributed by atoms with Gasteiger partial charge in [-0.05, 0) is 0 Å². The second-order valence-corrected chi connectivity index (χ2v) is 58.5. The number of hydrogen-bond acceptors (Lipinski definition) is 2. The van der Waals surface area contributed by atoms with Gasteiger partial charge in [0.05, 0.1) is 0 Å². The molecule has 0 amide bonds. The Labute approximate surface area is 103 Å². The van der Waals surface area contributed by atoms with Crippen molar-refractivity contribution in [2.75, 3.05) is 0 Å². The quantitative estimate of drug-likeness (QED) is 0.343. The summed E-state index contributed by atoms with van der Waals surface area (Å²) in [6.07, 6.45) is 0. The molecule has 0 rings (SSSR count). The molecule has 0 aliphatic rings. The van der Waals surface area contributed by atoms with Crippen LogP contribution < -0.4 is 0 Å². The van der Waals surface area contributed by atoms with Crippen LogP contribution in [0.15, 0.2) is 4.51 Å². The fourth-order valence-electron chi connectivity index (χ4n) is 0.832. The SMILES string of the molecule is CC(C)(C)[N]=[U]([I])([I])=[N]C(C)(C)C. The molecule has 0 bridgehead atoms. The van der Waals surface area contributed by atoms with E-state index >= 15 is 0 Å². The second kappa shape index (κ2) is 4.96. The van der Waals surface area contributed by atoms with E-state index in [-0.39, 0.29) is 11.1 Å². The standard InChI is InChI=1S/2C4H9N.2HI.U/c2*1-4(2,3)5;;;/h2*1-3H3;2*1H;/q;;;;+2/p-2. The van der Waals surface area contributed by atoms with E-state index in [4.69, 9.17) is 4.51 Å². The van der Waals surface area contributed by atoms with E-state index in [9.17, 15) is 0 Å². The van der Waals surface area contributed by atoms with Crippen molar-refractivity contribution < 1.29 is 14.8 Å². The van der Waals surface area contributed by atoms with Crippen LogP contribution in [0.2, 0.25) is 0 Å². The molecule has 78 valence electrons. The van der Waals surface area contributed by atoms with Crippen molar-refractivity contribution >= 4 is 33.5 Å². The molecular weight excluding hydrogens is 616 g/mol. The van der Waals surface area contributed by atoms with Crippen LogP contribution in [0.25, 0.3) is 0 Å². The summed E-state index contributed by atoms with van der Waals surface area (Å²) in [5.41, 5.74) is 0.143. The Morgan fingerprint density at radius 1 is 0.769 bits per heavy atom. The molecule has 0 fully saturated rings. The van der Waals surface area contributed by atoms with Crippen molar-refractivity contribution in [1.82, 2.24) is 0 Å². The molecule has 0 aromatic heterocycles. The van der Waals surface area contributed by atoms with Gasteiger partial charge in [0.15, 0.2) is 0 Å². The van der Waals surface area contributed by atoms with Crippen molar-refractivity contribution in [1.29, 1.82) is 0 Å². The van der Waals surface area contributed by atoms with E-state index in [2.05, 4.69) is 75.1 Å². The summed E-state index contributed by atoms with van der Waals surface area (Å²) in [7, 11) is 0. The number of hydrogen-bond donors (Lipinski definition) is 0. The third kappa shape index (κ3) is 10.4. The van der Waals surface area contributed by atoms with Gasteiger partial charge in [-0.1, -0.05) is 0 Å². The van der Waals surface area contributed by atoms with Crippen LogP contribution in [0, 0.1) is 14.8 Å². The molecule has 13 heavy (non-hydrogen) atoms. The van der Waals surface area contributed by atoms with Crippen molar-refractivity contribution in [2.24, 2.45) is 4.51 Å². The van der Waals surface area contributed by atoms with Gasteiger partial charge in [0, 0.05) is 0 Å². The Balaban J connectivity index is 5.21. The van der Waals surface area contributed by atoms with E-state index in [0.717, 1.165) is 0 Å². The van der Waals surface area contributed by atoms with Gasteiger partial charge >= 0.3 is 105 Å². The minimum absolute atomic E-state index is 0.0714. The number of halogens is 2. The van der Waals surface area contributed by atoms with E-state index in [1.165, 1.54) is 0 Å². The number of nitrogens with zero attached hydrogens (tertiary/aromatic N) is 2. The summed E-state index contributed by atoms with van der Waals surface area (Å²) < 4.78 is 9.73. The number of rotatable bonds is 0. The van der Waals surface area contributed by atoms with E-state index in [0.29, 0.717) is 0 Å². The molecule has 0 N–H and O–H groups in total. The maximum absolute atomic E-state index is 4.86. The molecule has 5 heteroatoms. The second-order valence-electron chi connectivity index (χ2n) is 5.07. The van der Waals surface area contributed by atoms with Crippen molar-refractivity contribution in [3.8, 4) is 0 Å². The topological polar surface area (TPSA) is 24.7 Å². The molecule has 0 radical (unpaired) electrons. The first-order valence-electron chi connectivity index (χ1n) is 4.27. The normalized spacial score (nSPS) is 14.2. The molecule has 0 aromatic rings. The Bertz CT molecular complexity index is 254. The Morgan fingerprint density at radius 2 is 1.00 bits per heavy atom. The molecule has 0 spiro atoms. The molecule has 0 atom stereocenters. The Hall–Kier alpha value is 2.11. The summed E-state index contributed by atoms with van der Waals surface area (Å²) in [4.78, 5) is 0. The van der Waals surface area contributed by atoms with Crippen LogP contribution in [0.3, 0.4) is 0 Å². The van der Waals surface area contributed by atoms with Crippen molar-refractivity contribution in [3.05, 3.63) is 0 Å². The molecule has 0 saturated carbocycles. The average Bonchev–Trinajstić information content (AvgIpc) is 1.43. The molecule has 0 aliphatic heterocycles. The third-order valence-corrected chi connectivity index (χ3v) is 17.8. The molecular formula is C8H18I2N2U. The van der Waals surface area contributed by atoms with Gasteiger partial charge in [-0.25, -0.2) is 0 Å². The van der Waals surface area contributed by atoms with Crippen LogP contribution in [-0.2, 0) is 0 Å². The van der Waals surface area contributed by atoms with Crippen LogP contribution in [0.4, 0.5) is 0 Å². The maximum atomic E-state index is 4.86. The van der Waals surface area contributed by atoms with Gasteiger partial charge in [0.25, 0.3) is 0 Å². The molecule has 0 aromatic carbocycles. The van der Waals surface area contributed by atoms with Crippen LogP contribution in [0.1, 0.15) is 41.5 Å². The average molecular weight is 634 g/mol. The van der Waals surface area contributed by atoms with Gasteiger partial charge in [-0.3, -0.25) is 0 Å². The summed E-state index contributed by atoms with van der Waals surface area (Å²) in [6, 6.07) is 0. The van der Waals surface area contributed by atoms with Gasteiger partial charge in [0.1, 0.15) is 0 Å². The first-order chi connectivity index (χ1) is 5.41. The van der Waals surface area contributed by atoms with E-state index in [1.807, 2.05) is 0 Å². The predicted octanol–water partition coefficient (Wildman–Crippen LogP) is 4.81. The van der Waals surface area contributed by atoms with Crippen LogP contribution >= 0.6 is 33.5 Å². The first-order valence-corrected chi connectivity index (χ1v) is 31.3. The zero-order chi connectivity index (χ0) is 10.9. The summed E-state index contributed by atoms with van der Waals surface area (Å²) in [5.74, 6) is 0. The van der Waals surface area contributed by atoms with Gasteiger partial charge in [-0.2, -0.15) is 0 Å². The fourth-order valence-corrected chi connectivity index (χ4v) is 34.8. The van der Waals surface area contributed by atoms with Gasteiger partial charge < -0.3 is 0 Å². The zero-order valence-electron chi connectivity index (χ0n) is 9.15. The zero-order valence-corrected chi connectivity index (χ0v) is 17.6. The third-order valence-electron chi connectivity index (χ3n) is 0.940. The van der Waals surface area contributed by atoms with Crippen LogP contribution in [-0.4, -0.2) is 11.1 Å². The Kier molecular flexibility index (Phi) is 5.77. The molecule has 0 heterocycles. The molecule has 0 unspecified atom stereocenters. The fraction of sp³-hybridized carbons (Fsp3) is 1.00. The summed E-state index contributed by atoms with van der Waals surface area (Å²) in [5, 5.41) is 0. The molecule has 0 saturated heterocycles. The van der Waals surface area contributed by atoms with Crippen molar-refractivity contribution in [2.45, 2.75) is 52.6 Å². The molecule has 0 aliphatic carbocycles. The van der Waals surface area contributed by atoms with Gasteiger partial charge in [0.2, 0.25) is 0 Å². The predicted molar refractivity (Wildman–Crippen MR) is 72.4 cm³/mol. The van der Waals surface area contributed by atoms with E-state index in [1.54, 1.807) is 0 Å². The minimum atomic E-state index is -2.73. The summed E-state index contributed by atoms with van der Waals surface area (Å²) >= 11 is 2.29.